The average Bonchev–Trinajstić information content (AvgIpc) is 3.10. The van der Waals surface area contributed by atoms with Crippen LogP contribution in [0.4, 0.5) is 4.39 Å². The lowest BCUT2D eigenvalue weighted by Crippen LogP contribution is -2.31. The second-order valence-electron chi connectivity index (χ2n) is 7.10. The van der Waals surface area contributed by atoms with E-state index in [1.165, 1.54) is 24.3 Å². The van der Waals surface area contributed by atoms with Crippen LogP contribution in [-0.4, -0.2) is 29.3 Å². The smallest absolute Gasteiger partial charge is 0.340 e. The number of ketones is 1. The molecule has 0 spiro atoms. The minimum atomic E-state index is -0.829. The van der Waals surface area contributed by atoms with Gasteiger partial charge in [-0.05, 0) is 44.0 Å². The van der Waals surface area contributed by atoms with Gasteiger partial charge in [0.25, 0.3) is 11.7 Å². The highest BCUT2D eigenvalue weighted by Crippen LogP contribution is 2.31. The number of benzene rings is 2. The first-order valence-corrected chi connectivity index (χ1v) is 9.85. The summed E-state index contributed by atoms with van der Waals surface area (Å²) < 4.78 is 18.5. The van der Waals surface area contributed by atoms with E-state index in [0.717, 1.165) is 11.1 Å². The Morgan fingerprint density at radius 2 is 1.65 bits per heavy atom. The lowest BCUT2D eigenvalue weighted by Gasteiger charge is -2.09. The van der Waals surface area contributed by atoms with Crippen molar-refractivity contribution in [3.63, 3.8) is 0 Å². The molecular weight excluding hydrogens is 399 g/mol. The third kappa shape index (κ3) is 4.88. The number of aromatic nitrogens is 1. The van der Waals surface area contributed by atoms with E-state index in [-0.39, 0.29) is 30.0 Å². The molecule has 3 rings (SSSR count). The minimum absolute atomic E-state index is 0.0476. The van der Waals surface area contributed by atoms with Gasteiger partial charge in [-0.1, -0.05) is 42.0 Å². The molecule has 0 aliphatic carbocycles. The number of H-pyrrole nitrogens is 1. The Morgan fingerprint density at radius 3 is 2.26 bits per heavy atom. The number of hydrogen-bond acceptors (Lipinski definition) is 4. The fourth-order valence-electron chi connectivity index (χ4n) is 3.24. The van der Waals surface area contributed by atoms with Crippen LogP contribution >= 0.6 is 0 Å². The van der Waals surface area contributed by atoms with Crippen LogP contribution in [-0.2, 0) is 16.1 Å². The number of hydrogen-bond donors (Lipinski definition) is 2. The number of aryl methyl sites for hydroxylation is 2. The highest BCUT2D eigenvalue weighted by molar-refractivity contribution is 6.43. The Bertz CT molecular complexity index is 1120. The molecule has 0 unspecified atom stereocenters. The van der Waals surface area contributed by atoms with Crippen LogP contribution < -0.4 is 5.32 Å². The van der Waals surface area contributed by atoms with Crippen molar-refractivity contribution < 1.29 is 23.5 Å². The predicted molar refractivity (Wildman–Crippen MR) is 114 cm³/mol. The van der Waals surface area contributed by atoms with Crippen LogP contribution in [0.25, 0.3) is 11.1 Å². The van der Waals surface area contributed by atoms with Crippen molar-refractivity contribution in [3.05, 3.63) is 82.4 Å². The van der Waals surface area contributed by atoms with Gasteiger partial charge in [-0.15, -0.1) is 0 Å². The maximum absolute atomic E-state index is 13.4. The monoisotopic (exact) mass is 422 g/mol. The number of nitrogens with one attached hydrogen (secondary N) is 2. The molecule has 0 aliphatic heterocycles. The number of halogens is 1. The molecule has 0 radical (unpaired) electrons. The standard InChI is InChI=1S/C24H23FN2O4/c1-4-31-24(30)19-15(3)27-21(20(19)17-9-11-18(25)12-10-17)22(28)23(29)26-13-16-7-5-14(2)6-8-16/h5-12,27H,4,13H2,1-3H3,(H,26,29). The number of amides is 1. The van der Waals surface area contributed by atoms with E-state index in [1.54, 1.807) is 13.8 Å². The Balaban J connectivity index is 1.95. The first-order chi connectivity index (χ1) is 14.8. The first-order valence-electron chi connectivity index (χ1n) is 9.85. The number of Topliss-reactive ketones (excluding diaryl/α,β-unsaturated/α-hetero) is 1. The Morgan fingerprint density at radius 1 is 1.00 bits per heavy atom. The molecule has 1 amide bonds. The van der Waals surface area contributed by atoms with Crippen LogP contribution in [0.15, 0.2) is 48.5 Å². The van der Waals surface area contributed by atoms with E-state index in [2.05, 4.69) is 10.3 Å². The quantitative estimate of drug-likeness (QED) is 0.341. The molecule has 0 saturated heterocycles. The fourth-order valence-corrected chi connectivity index (χ4v) is 3.24. The zero-order chi connectivity index (χ0) is 22.5. The summed E-state index contributed by atoms with van der Waals surface area (Å²) in [6.07, 6.45) is 0. The summed E-state index contributed by atoms with van der Waals surface area (Å²) in [5.74, 6) is -2.74. The Labute approximate surface area is 179 Å². The second kappa shape index (κ2) is 9.38. The number of carbonyl (C=O) groups is 3. The fraction of sp³-hybridized carbons (Fsp3) is 0.208. The molecule has 0 saturated carbocycles. The van der Waals surface area contributed by atoms with Gasteiger partial charge in [-0.2, -0.15) is 0 Å². The molecule has 0 bridgehead atoms. The Hall–Kier alpha value is -3.74. The van der Waals surface area contributed by atoms with Crippen LogP contribution in [0, 0.1) is 19.7 Å². The summed E-state index contributed by atoms with van der Waals surface area (Å²) in [4.78, 5) is 40.9. The van der Waals surface area contributed by atoms with Crippen LogP contribution in [0.2, 0.25) is 0 Å². The first kappa shape index (κ1) is 22.0. The van der Waals surface area contributed by atoms with Gasteiger partial charge in [0.05, 0.1) is 12.2 Å². The molecule has 0 atom stereocenters. The molecule has 1 aromatic heterocycles. The molecule has 2 aromatic carbocycles. The minimum Gasteiger partial charge on any atom is -0.462 e. The van der Waals surface area contributed by atoms with Gasteiger partial charge in [0.1, 0.15) is 11.5 Å². The van der Waals surface area contributed by atoms with Gasteiger partial charge in [-0.25, -0.2) is 9.18 Å². The highest BCUT2D eigenvalue weighted by Gasteiger charge is 2.29. The lowest BCUT2D eigenvalue weighted by molar-refractivity contribution is -0.117. The van der Waals surface area contributed by atoms with E-state index in [0.29, 0.717) is 11.3 Å². The summed E-state index contributed by atoms with van der Waals surface area (Å²) in [5.41, 5.74) is 3.04. The number of esters is 1. The molecule has 160 valence electrons. The van der Waals surface area contributed by atoms with Gasteiger partial charge >= 0.3 is 5.97 Å². The van der Waals surface area contributed by atoms with E-state index in [9.17, 15) is 18.8 Å². The topological polar surface area (TPSA) is 88.3 Å². The second-order valence-corrected chi connectivity index (χ2v) is 7.10. The molecule has 1 heterocycles. The largest absolute Gasteiger partial charge is 0.462 e. The summed E-state index contributed by atoms with van der Waals surface area (Å²) >= 11 is 0. The van der Waals surface area contributed by atoms with Crippen LogP contribution in [0.5, 0.6) is 0 Å². The molecule has 31 heavy (non-hydrogen) atoms. The summed E-state index contributed by atoms with van der Waals surface area (Å²) in [6, 6.07) is 12.9. The van der Waals surface area contributed by atoms with Crippen molar-refractivity contribution in [3.8, 4) is 11.1 Å². The molecule has 3 aromatic rings. The zero-order valence-corrected chi connectivity index (χ0v) is 17.5. The summed E-state index contributed by atoms with van der Waals surface area (Å²) in [5, 5.41) is 2.60. The van der Waals surface area contributed by atoms with E-state index in [1.807, 2.05) is 31.2 Å². The predicted octanol–water partition coefficient (Wildman–Crippen LogP) is 4.11. The van der Waals surface area contributed by atoms with Crippen LogP contribution in [0.3, 0.4) is 0 Å². The van der Waals surface area contributed by atoms with E-state index >= 15 is 0 Å². The van der Waals surface area contributed by atoms with Gasteiger partial charge in [0.15, 0.2) is 0 Å². The molecule has 0 fully saturated rings. The highest BCUT2D eigenvalue weighted by atomic mass is 19.1. The van der Waals surface area contributed by atoms with Gasteiger partial charge in [-0.3, -0.25) is 9.59 Å². The molecular formula is C24H23FN2O4. The number of carbonyl (C=O) groups excluding carboxylic acids is 3. The van der Waals surface area contributed by atoms with Crippen molar-refractivity contribution >= 4 is 17.7 Å². The van der Waals surface area contributed by atoms with Gasteiger partial charge < -0.3 is 15.0 Å². The van der Waals surface area contributed by atoms with E-state index < -0.39 is 23.5 Å². The maximum Gasteiger partial charge on any atom is 0.340 e. The molecule has 6 nitrogen and oxygen atoms in total. The van der Waals surface area contributed by atoms with Crippen molar-refractivity contribution in [1.82, 2.24) is 10.3 Å². The van der Waals surface area contributed by atoms with E-state index in [4.69, 9.17) is 4.74 Å². The van der Waals surface area contributed by atoms with Gasteiger partial charge in [0.2, 0.25) is 0 Å². The van der Waals surface area contributed by atoms with Crippen molar-refractivity contribution in [2.24, 2.45) is 0 Å². The zero-order valence-electron chi connectivity index (χ0n) is 17.5. The molecule has 0 aliphatic rings. The maximum atomic E-state index is 13.4. The Kier molecular flexibility index (Phi) is 6.65. The lowest BCUT2D eigenvalue weighted by atomic mass is 9.98. The third-order valence-electron chi connectivity index (χ3n) is 4.81. The third-order valence-corrected chi connectivity index (χ3v) is 4.81. The normalized spacial score (nSPS) is 10.6. The average molecular weight is 422 g/mol. The van der Waals surface area contributed by atoms with Crippen molar-refractivity contribution in [1.29, 1.82) is 0 Å². The van der Waals surface area contributed by atoms with Crippen molar-refractivity contribution in [2.45, 2.75) is 27.3 Å². The number of rotatable bonds is 7. The summed E-state index contributed by atoms with van der Waals surface area (Å²) in [7, 11) is 0. The van der Waals surface area contributed by atoms with Crippen LogP contribution in [0.1, 0.15) is 44.6 Å². The SMILES string of the molecule is CCOC(=O)c1c(C)[nH]c(C(=O)C(=O)NCc2ccc(C)cc2)c1-c1ccc(F)cc1. The summed E-state index contributed by atoms with van der Waals surface area (Å²) in [6.45, 7) is 5.56. The molecule has 7 heteroatoms. The van der Waals surface area contributed by atoms with Gasteiger partial charge in [0, 0.05) is 17.8 Å². The number of aromatic amines is 1. The molecule has 2 N–H and O–H groups in total. The number of ether oxygens (including phenoxy) is 1. The van der Waals surface area contributed by atoms with Crippen molar-refractivity contribution in [2.75, 3.05) is 6.61 Å².